The molecule has 0 radical (unpaired) electrons. The lowest BCUT2D eigenvalue weighted by Gasteiger charge is -2.31. The van der Waals surface area contributed by atoms with Crippen LogP contribution < -0.4 is 5.73 Å². The summed E-state index contributed by atoms with van der Waals surface area (Å²) in [5.41, 5.74) is 6.11. The first kappa shape index (κ1) is 39.2. The number of halogens is 4. The molecule has 0 aromatic heterocycles. The third-order valence-electron chi connectivity index (χ3n) is 5.62. The first-order valence-corrected chi connectivity index (χ1v) is 12.5. The average Bonchev–Trinajstić information content (AvgIpc) is 2.89. The van der Waals surface area contributed by atoms with E-state index in [0.717, 1.165) is 0 Å². The third kappa shape index (κ3) is 10.8. The molecule has 0 fully saturated rings. The Kier molecular flexibility index (Phi) is 18.5. The lowest BCUT2D eigenvalue weighted by molar-refractivity contribution is -0.222. The molecule has 1 amide bonds. The van der Waals surface area contributed by atoms with Crippen molar-refractivity contribution in [2.45, 2.75) is 52.1 Å². The van der Waals surface area contributed by atoms with Crippen molar-refractivity contribution in [3.63, 3.8) is 0 Å². The van der Waals surface area contributed by atoms with Gasteiger partial charge in [-0.15, -0.1) is 0 Å². The second kappa shape index (κ2) is 18.4. The fourth-order valence-electron chi connectivity index (χ4n) is 3.46. The number of methoxy groups -OCH3 is 5. The molecule has 39 heavy (non-hydrogen) atoms. The maximum absolute atomic E-state index is 13.6. The molecular weight excluding hydrogens is 648 g/mol. The summed E-state index contributed by atoms with van der Waals surface area (Å²) in [5.74, 6) is -4.03. The normalized spacial score (nSPS) is 10.9. The molecule has 0 saturated heterocycles. The van der Waals surface area contributed by atoms with E-state index in [4.69, 9.17) is 24.7 Å². The predicted molar refractivity (Wildman–Crippen MR) is 153 cm³/mol. The zero-order chi connectivity index (χ0) is 28.2. The summed E-state index contributed by atoms with van der Waals surface area (Å²) < 4.78 is 53.7. The number of carbonyl (C=O) groups is 2. The van der Waals surface area contributed by atoms with Crippen LogP contribution in [0, 0.1) is 11.6 Å². The Morgan fingerprint density at radius 2 is 1.10 bits per heavy atom. The molecular formula is C27H39Br2F2NO7. The molecule has 8 nitrogen and oxygen atoms in total. The van der Waals surface area contributed by atoms with Gasteiger partial charge in [0.05, 0.1) is 22.5 Å². The fourth-order valence-corrected chi connectivity index (χ4v) is 3.95. The molecule has 0 aliphatic rings. The van der Waals surface area contributed by atoms with Crippen molar-refractivity contribution in [1.29, 1.82) is 0 Å². The quantitative estimate of drug-likeness (QED) is 0.199. The molecule has 2 aromatic rings. The summed E-state index contributed by atoms with van der Waals surface area (Å²) in [7, 11) is 7.07. The highest BCUT2D eigenvalue weighted by Gasteiger charge is 2.34. The Bertz CT molecular complexity index is 1050. The lowest BCUT2D eigenvalue weighted by atomic mass is 10.00. The van der Waals surface area contributed by atoms with E-state index in [1.54, 1.807) is 24.3 Å². The van der Waals surface area contributed by atoms with Crippen LogP contribution >= 0.6 is 31.9 Å². The number of esters is 1. The standard InChI is InChI=1S/C13H16BrFO4.C12H15BrFNO3.2CH4/c1-17-12(16)6-7-13(18-2,19-3)9-4-5-10(14)11(15)8-9;1-17-12(18-2,6-5-11(15)16)8-3-4-9(13)10(14)7-8;;/h4-5,8H,6-7H2,1-3H3;3-4,7H,5-6H2,1-2H3,(H2,15,16);2*1H4. The minimum absolute atomic E-state index is 0. The maximum atomic E-state index is 13.6. The van der Waals surface area contributed by atoms with Crippen LogP contribution in [-0.2, 0) is 44.8 Å². The summed E-state index contributed by atoms with van der Waals surface area (Å²) in [6.07, 6.45) is 0.638. The highest BCUT2D eigenvalue weighted by Crippen LogP contribution is 2.34. The SMILES string of the molecule is C.C.COC(=O)CCC(OC)(OC)c1ccc(Br)c(F)c1.COC(CCC(N)=O)(OC)c1ccc(Br)c(F)c1. The van der Waals surface area contributed by atoms with E-state index in [0.29, 0.717) is 20.1 Å². The molecule has 0 unspecified atom stereocenters. The van der Waals surface area contributed by atoms with E-state index in [-0.39, 0.29) is 46.5 Å². The van der Waals surface area contributed by atoms with Gasteiger partial charge in [-0.2, -0.15) is 0 Å². The van der Waals surface area contributed by atoms with Crippen molar-refractivity contribution in [2.75, 3.05) is 35.5 Å². The third-order valence-corrected chi connectivity index (χ3v) is 6.91. The number of benzene rings is 2. The summed E-state index contributed by atoms with van der Waals surface area (Å²) in [6.45, 7) is 0. The topological polar surface area (TPSA) is 106 Å². The van der Waals surface area contributed by atoms with Gasteiger partial charge < -0.3 is 29.4 Å². The molecule has 0 spiro atoms. The van der Waals surface area contributed by atoms with E-state index >= 15 is 0 Å². The number of hydrogen-bond donors (Lipinski definition) is 1. The molecule has 2 N–H and O–H groups in total. The van der Waals surface area contributed by atoms with Crippen molar-refractivity contribution >= 4 is 43.7 Å². The number of amides is 1. The largest absolute Gasteiger partial charge is 0.469 e. The Labute approximate surface area is 246 Å². The van der Waals surface area contributed by atoms with E-state index in [1.807, 2.05) is 0 Å². The van der Waals surface area contributed by atoms with E-state index in [9.17, 15) is 18.4 Å². The van der Waals surface area contributed by atoms with Crippen molar-refractivity contribution in [1.82, 2.24) is 0 Å². The predicted octanol–water partition coefficient (Wildman–Crippen LogP) is 6.56. The highest BCUT2D eigenvalue weighted by atomic mass is 79.9. The van der Waals surface area contributed by atoms with Crippen LogP contribution in [0.4, 0.5) is 8.78 Å². The van der Waals surface area contributed by atoms with Gasteiger partial charge in [0.1, 0.15) is 11.6 Å². The van der Waals surface area contributed by atoms with Crippen LogP contribution in [0.25, 0.3) is 0 Å². The van der Waals surface area contributed by atoms with Crippen LogP contribution in [0.1, 0.15) is 51.7 Å². The molecule has 12 heteroatoms. The van der Waals surface area contributed by atoms with Crippen LogP contribution in [-0.4, -0.2) is 47.4 Å². The van der Waals surface area contributed by atoms with Gasteiger partial charge in [0.15, 0.2) is 11.6 Å². The monoisotopic (exact) mass is 685 g/mol. The first-order valence-electron chi connectivity index (χ1n) is 10.9. The molecule has 0 bridgehead atoms. The number of hydrogen-bond acceptors (Lipinski definition) is 7. The summed E-state index contributed by atoms with van der Waals surface area (Å²) in [5, 5.41) is 0. The van der Waals surface area contributed by atoms with Crippen LogP contribution in [0.5, 0.6) is 0 Å². The van der Waals surface area contributed by atoms with Gasteiger partial charge in [-0.05, 0) is 56.1 Å². The van der Waals surface area contributed by atoms with Gasteiger partial charge in [-0.25, -0.2) is 8.78 Å². The van der Waals surface area contributed by atoms with Gasteiger partial charge in [-0.3, -0.25) is 9.59 Å². The summed E-state index contributed by atoms with van der Waals surface area (Å²) >= 11 is 6.15. The van der Waals surface area contributed by atoms with Crippen LogP contribution in [0.2, 0.25) is 0 Å². The van der Waals surface area contributed by atoms with E-state index in [1.165, 1.54) is 47.7 Å². The second-order valence-corrected chi connectivity index (χ2v) is 9.33. The highest BCUT2D eigenvalue weighted by molar-refractivity contribution is 9.10. The van der Waals surface area contributed by atoms with Gasteiger partial charge >= 0.3 is 5.97 Å². The zero-order valence-electron chi connectivity index (χ0n) is 21.2. The van der Waals surface area contributed by atoms with Gasteiger partial charge in [0.2, 0.25) is 5.91 Å². The number of nitrogens with two attached hydrogens (primary N) is 1. The second-order valence-electron chi connectivity index (χ2n) is 7.62. The van der Waals surface area contributed by atoms with Gasteiger partial charge in [0, 0.05) is 58.8 Å². The smallest absolute Gasteiger partial charge is 0.305 e. The molecule has 2 aromatic carbocycles. The molecule has 0 aliphatic heterocycles. The zero-order valence-corrected chi connectivity index (χ0v) is 24.4. The molecule has 0 aliphatic carbocycles. The average molecular weight is 687 g/mol. The first-order chi connectivity index (χ1) is 17.4. The van der Waals surface area contributed by atoms with Crippen molar-refractivity contribution < 1.29 is 42.1 Å². The molecule has 222 valence electrons. The fraction of sp³-hybridized carbons (Fsp3) is 0.481. The molecule has 0 atom stereocenters. The lowest BCUT2D eigenvalue weighted by Crippen LogP contribution is -2.32. The van der Waals surface area contributed by atoms with Crippen molar-refractivity contribution in [3.8, 4) is 0 Å². The number of primary amides is 1. The number of ether oxygens (including phenoxy) is 5. The molecule has 0 heterocycles. The molecule has 2 rings (SSSR count). The number of carbonyl (C=O) groups excluding carboxylic acids is 2. The Morgan fingerprint density at radius 3 is 1.38 bits per heavy atom. The maximum Gasteiger partial charge on any atom is 0.305 e. The minimum Gasteiger partial charge on any atom is -0.469 e. The van der Waals surface area contributed by atoms with Crippen LogP contribution in [0.3, 0.4) is 0 Å². The van der Waals surface area contributed by atoms with Crippen LogP contribution in [0.15, 0.2) is 45.3 Å². The van der Waals surface area contributed by atoms with E-state index < -0.39 is 29.1 Å². The van der Waals surface area contributed by atoms with Gasteiger partial charge in [0.25, 0.3) is 0 Å². The van der Waals surface area contributed by atoms with E-state index in [2.05, 4.69) is 36.6 Å². The number of rotatable bonds is 12. The van der Waals surface area contributed by atoms with Gasteiger partial charge in [-0.1, -0.05) is 27.0 Å². The Morgan fingerprint density at radius 1 is 0.744 bits per heavy atom. The Balaban J connectivity index is 0. The molecule has 0 saturated carbocycles. The Hall–Kier alpha value is -1.96. The van der Waals surface area contributed by atoms with Crippen molar-refractivity contribution in [2.24, 2.45) is 5.73 Å². The summed E-state index contributed by atoms with van der Waals surface area (Å²) in [6, 6.07) is 9.09. The minimum atomic E-state index is -1.17. The summed E-state index contributed by atoms with van der Waals surface area (Å²) in [4.78, 5) is 22.1. The van der Waals surface area contributed by atoms with Crippen molar-refractivity contribution in [3.05, 3.63) is 68.1 Å².